The Morgan fingerprint density at radius 1 is 1.00 bits per heavy atom. The lowest BCUT2D eigenvalue weighted by molar-refractivity contribution is 0.101. The van der Waals surface area contributed by atoms with Crippen molar-refractivity contribution in [1.29, 1.82) is 0 Å². The van der Waals surface area contributed by atoms with Crippen LogP contribution in [0.4, 0.5) is 17.5 Å². The normalized spacial score (nSPS) is 18.6. The van der Waals surface area contributed by atoms with Crippen LogP contribution in [-0.4, -0.2) is 76.0 Å². The van der Waals surface area contributed by atoms with E-state index in [0.717, 1.165) is 81.9 Å². The van der Waals surface area contributed by atoms with E-state index in [4.69, 9.17) is 4.98 Å². The van der Waals surface area contributed by atoms with Gasteiger partial charge in [0.1, 0.15) is 11.5 Å². The van der Waals surface area contributed by atoms with Crippen LogP contribution in [0.3, 0.4) is 0 Å². The van der Waals surface area contributed by atoms with Gasteiger partial charge in [-0.05, 0) is 76.2 Å². The summed E-state index contributed by atoms with van der Waals surface area (Å²) in [5.74, 6) is 1.65. The first-order valence-electron chi connectivity index (χ1n) is 15.8. The Kier molecular flexibility index (Phi) is 9.84. The Balaban J connectivity index is 0.00000173. The fraction of sp³-hybridized carbons (Fsp3) is 0.594. The third kappa shape index (κ3) is 6.49. The zero-order chi connectivity index (χ0) is 29.6. The van der Waals surface area contributed by atoms with Crippen LogP contribution in [-0.2, 0) is 0 Å². The van der Waals surface area contributed by atoms with Gasteiger partial charge in [-0.2, -0.15) is 4.98 Å². The van der Waals surface area contributed by atoms with Gasteiger partial charge in [-0.1, -0.05) is 26.7 Å². The summed E-state index contributed by atoms with van der Waals surface area (Å²) in [5.41, 5.74) is 2.34. The first-order chi connectivity index (χ1) is 20.5. The minimum absolute atomic E-state index is 0.0500. The summed E-state index contributed by atoms with van der Waals surface area (Å²) < 4.78 is 1.74. The number of fused-ring (bicyclic) bond motifs is 1. The first kappa shape index (κ1) is 30.1. The molecule has 0 aromatic carbocycles. The number of piperazine rings is 1. The highest BCUT2D eigenvalue weighted by Gasteiger charge is 2.26. The van der Waals surface area contributed by atoms with Crippen molar-refractivity contribution in [1.82, 2.24) is 29.7 Å². The van der Waals surface area contributed by atoms with E-state index in [-0.39, 0.29) is 22.9 Å². The molecule has 2 saturated heterocycles. The molecule has 0 bridgehead atoms. The van der Waals surface area contributed by atoms with Crippen molar-refractivity contribution in [3.63, 3.8) is 0 Å². The van der Waals surface area contributed by atoms with Crippen LogP contribution in [0.2, 0.25) is 0 Å². The summed E-state index contributed by atoms with van der Waals surface area (Å²) in [6, 6.07) is 4.10. The van der Waals surface area contributed by atoms with Gasteiger partial charge in [-0.25, -0.2) is 9.97 Å². The molecular formula is C32H46N8O2. The number of rotatable bonds is 7. The lowest BCUT2D eigenvalue weighted by Gasteiger charge is -2.38. The molecule has 2 aliphatic heterocycles. The number of carbonyl (C=O) groups is 1. The molecule has 3 aromatic heterocycles. The quantitative estimate of drug-likeness (QED) is 0.388. The molecule has 0 spiro atoms. The molecule has 0 atom stereocenters. The number of ketones is 1. The zero-order valence-corrected chi connectivity index (χ0v) is 25.7. The van der Waals surface area contributed by atoms with E-state index in [2.05, 4.69) is 36.5 Å². The van der Waals surface area contributed by atoms with Gasteiger partial charge in [0, 0.05) is 50.3 Å². The predicted molar refractivity (Wildman–Crippen MR) is 169 cm³/mol. The number of pyridine rings is 2. The van der Waals surface area contributed by atoms with Gasteiger partial charge in [0.25, 0.3) is 5.56 Å². The Hall–Kier alpha value is -3.37. The minimum Gasteiger partial charge on any atom is -0.368 e. The topological polar surface area (TPSA) is 108 Å². The summed E-state index contributed by atoms with van der Waals surface area (Å²) in [6.07, 6.45) is 10.2. The summed E-state index contributed by atoms with van der Waals surface area (Å²) >= 11 is 0. The average Bonchev–Trinajstić information content (AvgIpc) is 3.54. The fourth-order valence-electron chi connectivity index (χ4n) is 6.69. The second-order valence-corrected chi connectivity index (χ2v) is 11.6. The third-order valence-electron chi connectivity index (χ3n) is 8.95. The van der Waals surface area contributed by atoms with Crippen LogP contribution in [0.25, 0.3) is 11.0 Å². The molecule has 1 saturated carbocycles. The second kappa shape index (κ2) is 13.7. The van der Waals surface area contributed by atoms with Crippen molar-refractivity contribution in [3.05, 3.63) is 46.0 Å². The number of hydrogen-bond acceptors (Lipinski definition) is 9. The van der Waals surface area contributed by atoms with Crippen LogP contribution in [0.15, 0.2) is 29.3 Å². The number of nitrogens with zero attached hydrogens (tertiary/aromatic N) is 6. The second-order valence-electron chi connectivity index (χ2n) is 11.6. The number of Topliss-reactive ketones (excluding diaryl/α,β-unsaturated/α-hetero) is 1. The monoisotopic (exact) mass is 574 g/mol. The molecule has 2 N–H and O–H groups in total. The molecule has 10 nitrogen and oxygen atoms in total. The van der Waals surface area contributed by atoms with Crippen LogP contribution in [0, 0.1) is 12.8 Å². The van der Waals surface area contributed by atoms with E-state index in [1.165, 1.54) is 26.3 Å². The summed E-state index contributed by atoms with van der Waals surface area (Å²) in [4.78, 5) is 44.8. The van der Waals surface area contributed by atoms with E-state index in [9.17, 15) is 9.59 Å². The molecule has 3 fully saturated rings. The molecule has 0 radical (unpaired) electrons. The standard InChI is InChI=1S/C30H40N8O2.C2H6/c1-20-25-18-33-30(35-28(25)38(23-5-3-4-6-23)29(40)27(20)21(2)39)34-26-8-7-24(17-32-26)37-15-13-36(14-16-37)19-22-9-11-31-12-10-22;1-2/h7-8,17-18,22-23,31H,3-6,9-16,19H2,1-2H3,(H,32,33,34,35);1-2H3. The molecular weight excluding hydrogens is 528 g/mol. The van der Waals surface area contributed by atoms with Crippen LogP contribution in [0.5, 0.6) is 0 Å². The van der Waals surface area contributed by atoms with Crippen LogP contribution < -0.4 is 21.1 Å². The predicted octanol–water partition coefficient (Wildman–Crippen LogP) is 4.70. The van der Waals surface area contributed by atoms with E-state index >= 15 is 0 Å². The van der Waals surface area contributed by atoms with Gasteiger partial charge in [0.15, 0.2) is 5.78 Å². The molecule has 5 heterocycles. The maximum atomic E-state index is 13.4. The lowest BCUT2D eigenvalue weighted by Crippen LogP contribution is -2.48. The van der Waals surface area contributed by atoms with E-state index < -0.39 is 0 Å². The SMILES string of the molecule is CC.CC(=O)c1c(C)c2cnc(Nc3ccc(N4CCN(CC5CCNCC5)CC4)cn3)nc2n(C2CCCC2)c1=O. The van der Waals surface area contributed by atoms with Gasteiger partial charge in [-0.3, -0.25) is 19.1 Å². The number of anilines is 3. The Bertz CT molecular complexity index is 1420. The fourth-order valence-corrected chi connectivity index (χ4v) is 6.69. The van der Waals surface area contributed by atoms with Crippen LogP contribution >= 0.6 is 0 Å². The maximum absolute atomic E-state index is 13.4. The van der Waals surface area contributed by atoms with E-state index in [0.29, 0.717) is 23.0 Å². The molecule has 3 aromatic rings. The molecule has 226 valence electrons. The number of hydrogen-bond donors (Lipinski definition) is 2. The highest BCUT2D eigenvalue weighted by molar-refractivity contribution is 5.99. The average molecular weight is 575 g/mol. The third-order valence-corrected chi connectivity index (χ3v) is 8.95. The van der Waals surface area contributed by atoms with Crippen molar-refractivity contribution in [2.75, 3.05) is 56.0 Å². The van der Waals surface area contributed by atoms with Crippen molar-refractivity contribution in [3.8, 4) is 0 Å². The van der Waals surface area contributed by atoms with Gasteiger partial charge in [0.05, 0.1) is 17.4 Å². The van der Waals surface area contributed by atoms with Crippen molar-refractivity contribution >= 4 is 34.3 Å². The smallest absolute Gasteiger partial charge is 0.263 e. The zero-order valence-electron chi connectivity index (χ0n) is 25.7. The van der Waals surface area contributed by atoms with Crippen molar-refractivity contribution in [2.45, 2.75) is 72.3 Å². The summed E-state index contributed by atoms with van der Waals surface area (Å²) in [5, 5.41) is 7.43. The lowest BCUT2D eigenvalue weighted by atomic mass is 9.97. The van der Waals surface area contributed by atoms with Gasteiger partial charge in [-0.15, -0.1) is 0 Å². The van der Waals surface area contributed by atoms with E-state index in [1.54, 1.807) is 10.8 Å². The minimum atomic E-state index is -0.243. The number of piperidine rings is 1. The molecule has 0 unspecified atom stereocenters. The number of carbonyl (C=O) groups excluding carboxylic acids is 1. The Morgan fingerprint density at radius 2 is 1.71 bits per heavy atom. The molecule has 3 aliphatic rings. The van der Waals surface area contributed by atoms with Crippen molar-refractivity contribution < 1.29 is 4.79 Å². The van der Waals surface area contributed by atoms with Crippen LogP contribution in [0.1, 0.15) is 81.3 Å². The molecule has 6 rings (SSSR count). The van der Waals surface area contributed by atoms with Gasteiger partial charge in [0.2, 0.25) is 5.95 Å². The van der Waals surface area contributed by atoms with Crippen molar-refractivity contribution in [2.24, 2.45) is 5.92 Å². The summed E-state index contributed by atoms with van der Waals surface area (Å²) in [6.45, 7) is 15.0. The highest BCUT2D eigenvalue weighted by atomic mass is 16.1. The molecule has 10 heteroatoms. The molecule has 1 aliphatic carbocycles. The number of aromatic nitrogens is 4. The van der Waals surface area contributed by atoms with Gasteiger partial charge < -0.3 is 15.5 Å². The van der Waals surface area contributed by atoms with Gasteiger partial charge >= 0.3 is 0 Å². The number of aryl methyl sites for hydroxylation is 1. The summed E-state index contributed by atoms with van der Waals surface area (Å²) in [7, 11) is 0. The Morgan fingerprint density at radius 3 is 2.36 bits per heavy atom. The van der Waals surface area contributed by atoms with E-state index in [1.807, 2.05) is 33.0 Å². The highest BCUT2D eigenvalue weighted by Crippen LogP contribution is 2.32. The first-order valence-corrected chi connectivity index (χ1v) is 15.8. The largest absolute Gasteiger partial charge is 0.368 e. The maximum Gasteiger partial charge on any atom is 0.263 e. The number of nitrogens with one attached hydrogen (secondary N) is 2. The Labute approximate surface area is 248 Å². The molecule has 0 amide bonds. The molecule has 42 heavy (non-hydrogen) atoms.